The average molecular weight is 335 g/mol. The van der Waals surface area contributed by atoms with E-state index in [9.17, 15) is 14.0 Å². The van der Waals surface area contributed by atoms with Crippen LogP contribution < -0.4 is 11.1 Å². The maximum absolute atomic E-state index is 14.3. The summed E-state index contributed by atoms with van der Waals surface area (Å²) in [6.45, 7) is 3.00. The normalized spacial score (nSPS) is 13.3. The van der Waals surface area contributed by atoms with Crippen LogP contribution in [0.4, 0.5) is 10.2 Å². The van der Waals surface area contributed by atoms with Crippen molar-refractivity contribution in [3.63, 3.8) is 0 Å². The summed E-state index contributed by atoms with van der Waals surface area (Å²) in [6, 6.07) is 0.327. The third kappa shape index (κ3) is 3.50. The molecule has 128 valence electrons. The Hall–Kier alpha value is -2.97. The predicted octanol–water partition coefficient (Wildman–Crippen LogP) is 1.04. The molecule has 0 saturated heterocycles. The van der Waals surface area contributed by atoms with E-state index in [1.165, 1.54) is 17.8 Å². The van der Waals surface area contributed by atoms with E-state index >= 15 is 0 Å². The molecule has 0 aromatic carbocycles. The van der Waals surface area contributed by atoms with Gasteiger partial charge < -0.3 is 16.2 Å². The summed E-state index contributed by atoms with van der Waals surface area (Å²) in [7, 11) is 1.68. The predicted molar refractivity (Wildman–Crippen MR) is 84.5 cm³/mol. The molecule has 0 saturated carbocycles. The third-order valence-electron chi connectivity index (χ3n) is 3.73. The molecular formula is C15H18FN5O3. The smallest absolute Gasteiger partial charge is 0.308 e. The molecule has 1 unspecified atom stereocenters. The van der Waals surface area contributed by atoms with Gasteiger partial charge in [0.25, 0.3) is 5.91 Å². The molecule has 0 bridgehead atoms. The second kappa shape index (κ2) is 6.65. The minimum Gasteiger partial charge on any atom is -0.481 e. The summed E-state index contributed by atoms with van der Waals surface area (Å²) in [4.78, 5) is 27.1. The highest BCUT2D eigenvalue weighted by Gasteiger charge is 2.24. The molecule has 1 amide bonds. The molecule has 9 heteroatoms. The zero-order chi connectivity index (χ0) is 18.0. The van der Waals surface area contributed by atoms with Gasteiger partial charge in [0.05, 0.1) is 17.7 Å². The first-order chi connectivity index (χ1) is 11.2. The van der Waals surface area contributed by atoms with Gasteiger partial charge >= 0.3 is 5.97 Å². The van der Waals surface area contributed by atoms with Crippen LogP contribution in [0.2, 0.25) is 0 Å². The fourth-order valence-electron chi connectivity index (χ4n) is 2.05. The lowest BCUT2D eigenvalue weighted by Gasteiger charge is -2.18. The highest BCUT2D eigenvalue weighted by molar-refractivity contribution is 5.99. The van der Waals surface area contributed by atoms with Gasteiger partial charge in [-0.25, -0.2) is 9.37 Å². The van der Waals surface area contributed by atoms with Gasteiger partial charge in [0.2, 0.25) is 0 Å². The highest BCUT2D eigenvalue weighted by atomic mass is 19.1. The number of hydrogen-bond donors (Lipinski definition) is 3. The molecule has 0 radical (unpaired) electrons. The quantitative estimate of drug-likeness (QED) is 0.750. The van der Waals surface area contributed by atoms with Crippen molar-refractivity contribution >= 4 is 17.7 Å². The first-order valence-electron chi connectivity index (χ1n) is 7.19. The molecule has 0 aliphatic heterocycles. The van der Waals surface area contributed by atoms with Gasteiger partial charge in [-0.3, -0.25) is 14.3 Å². The van der Waals surface area contributed by atoms with Crippen molar-refractivity contribution < 1.29 is 19.1 Å². The number of nitrogens with two attached hydrogens (primary N) is 1. The number of rotatable bonds is 5. The summed E-state index contributed by atoms with van der Waals surface area (Å²) in [5.41, 5.74) is 6.04. The number of aromatic nitrogens is 3. The number of carbonyl (C=O) groups is 2. The number of amides is 1. The number of halogens is 1. The van der Waals surface area contributed by atoms with E-state index in [1.54, 1.807) is 20.2 Å². The first kappa shape index (κ1) is 17.4. The summed E-state index contributed by atoms with van der Waals surface area (Å²) in [5.74, 6) is -3.41. The van der Waals surface area contributed by atoms with E-state index in [-0.39, 0.29) is 17.1 Å². The standard InChI is InChI=1S/C15H18FN5O3/c1-7(15(23)24)8(2)19-14(22)10-4-11(16)12(20-13(10)17)9-5-18-21(3)6-9/h4-8H,1-3H3,(H2,17,20)(H,19,22)(H,23,24)/t7-,8?/m1/s1. The van der Waals surface area contributed by atoms with Gasteiger partial charge in [-0.1, -0.05) is 0 Å². The number of anilines is 1. The molecular weight excluding hydrogens is 317 g/mol. The van der Waals surface area contributed by atoms with Crippen molar-refractivity contribution in [2.24, 2.45) is 13.0 Å². The summed E-state index contributed by atoms with van der Waals surface area (Å²) in [6.07, 6.45) is 3.00. The first-order valence-corrected chi connectivity index (χ1v) is 7.19. The fourth-order valence-corrected chi connectivity index (χ4v) is 2.05. The molecule has 2 rings (SSSR count). The number of nitrogen functional groups attached to an aromatic ring is 1. The van der Waals surface area contributed by atoms with Crippen LogP contribution in [-0.2, 0) is 11.8 Å². The molecule has 4 N–H and O–H groups in total. The number of carbonyl (C=O) groups excluding carboxylic acids is 1. The van der Waals surface area contributed by atoms with Crippen LogP contribution >= 0.6 is 0 Å². The Morgan fingerprint density at radius 3 is 2.62 bits per heavy atom. The molecule has 0 aliphatic carbocycles. The molecule has 0 aliphatic rings. The Balaban J connectivity index is 2.27. The number of nitrogens with one attached hydrogen (secondary N) is 1. The van der Waals surface area contributed by atoms with E-state index in [2.05, 4.69) is 15.4 Å². The van der Waals surface area contributed by atoms with Crippen LogP contribution in [0.25, 0.3) is 11.3 Å². The van der Waals surface area contributed by atoms with E-state index in [0.717, 1.165) is 6.07 Å². The van der Waals surface area contributed by atoms with Gasteiger partial charge in [-0.2, -0.15) is 5.10 Å². The van der Waals surface area contributed by atoms with Gasteiger partial charge in [0, 0.05) is 24.8 Å². The maximum atomic E-state index is 14.3. The monoisotopic (exact) mass is 335 g/mol. The summed E-state index contributed by atoms with van der Waals surface area (Å²) in [5, 5.41) is 15.4. The zero-order valence-corrected chi connectivity index (χ0v) is 13.4. The van der Waals surface area contributed by atoms with Gasteiger partial charge in [-0.05, 0) is 19.9 Å². The van der Waals surface area contributed by atoms with Crippen LogP contribution in [-0.4, -0.2) is 37.8 Å². The summed E-state index contributed by atoms with van der Waals surface area (Å²) >= 11 is 0. The Morgan fingerprint density at radius 2 is 2.08 bits per heavy atom. The van der Waals surface area contributed by atoms with Crippen LogP contribution in [0.15, 0.2) is 18.5 Å². The van der Waals surface area contributed by atoms with Crippen molar-refractivity contribution in [2.45, 2.75) is 19.9 Å². The minimum absolute atomic E-state index is 0.0101. The van der Waals surface area contributed by atoms with Crippen LogP contribution in [0, 0.1) is 11.7 Å². The Kier molecular flexibility index (Phi) is 4.82. The Morgan fingerprint density at radius 1 is 1.42 bits per heavy atom. The number of aryl methyl sites for hydroxylation is 1. The number of carboxylic acid groups (broad SMARTS) is 1. The number of aliphatic carboxylic acids is 1. The van der Waals surface area contributed by atoms with Crippen molar-refractivity contribution in [3.05, 3.63) is 29.8 Å². The van der Waals surface area contributed by atoms with Gasteiger partial charge in [0.1, 0.15) is 11.5 Å². The second-order valence-corrected chi connectivity index (χ2v) is 5.54. The van der Waals surface area contributed by atoms with Gasteiger partial charge in [0.15, 0.2) is 5.82 Å². The molecule has 0 fully saturated rings. The summed E-state index contributed by atoms with van der Waals surface area (Å²) < 4.78 is 15.8. The lowest BCUT2D eigenvalue weighted by atomic mass is 10.0. The average Bonchev–Trinajstić information content (AvgIpc) is 2.94. The van der Waals surface area contributed by atoms with E-state index in [4.69, 9.17) is 10.8 Å². The Bertz CT molecular complexity index is 789. The number of nitrogens with zero attached hydrogens (tertiary/aromatic N) is 3. The van der Waals surface area contributed by atoms with Crippen molar-refractivity contribution in [1.82, 2.24) is 20.1 Å². The number of pyridine rings is 1. The largest absolute Gasteiger partial charge is 0.481 e. The fraction of sp³-hybridized carbons (Fsp3) is 0.333. The van der Waals surface area contributed by atoms with E-state index in [1.807, 2.05) is 0 Å². The SMILES string of the molecule is CC(NC(=O)c1cc(F)c(-c2cnn(C)c2)nc1N)[C@@H](C)C(=O)O. The molecule has 2 atom stereocenters. The third-order valence-corrected chi connectivity index (χ3v) is 3.73. The number of carboxylic acids is 1. The second-order valence-electron chi connectivity index (χ2n) is 5.54. The van der Waals surface area contributed by atoms with Crippen LogP contribution in [0.1, 0.15) is 24.2 Å². The topological polar surface area (TPSA) is 123 Å². The van der Waals surface area contributed by atoms with Crippen molar-refractivity contribution in [3.8, 4) is 11.3 Å². The zero-order valence-electron chi connectivity index (χ0n) is 13.4. The molecule has 24 heavy (non-hydrogen) atoms. The van der Waals surface area contributed by atoms with E-state index < -0.39 is 29.7 Å². The van der Waals surface area contributed by atoms with Crippen molar-refractivity contribution in [1.29, 1.82) is 0 Å². The molecule has 2 aromatic rings. The highest BCUT2D eigenvalue weighted by Crippen LogP contribution is 2.23. The molecule has 8 nitrogen and oxygen atoms in total. The Labute approximate surface area is 137 Å². The molecule has 0 spiro atoms. The lowest BCUT2D eigenvalue weighted by molar-refractivity contribution is -0.141. The van der Waals surface area contributed by atoms with Gasteiger partial charge in [-0.15, -0.1) is 0 Å². The molecule has 2 aromatic heterocycles. The lowest BCUT2D eigenvalue weighted by Crippen LogP contribution is -2.40. The number of hydrogen-bond acceptors (Lipinski definition) is 5. The minimum atomic E-state index is -1.05. The maximum Gasteiger partial charge on any atom is 0.308 e. The van der Waals surface area contributed by atoms with Crippen molar-refractivity contribution in [2.75, 3.05) is 5.73 Å². The van der Waals surface area contributed by atoms with Crippen LogP contribution in [0.5, 0.6) is 0 Å². The molecule has 2 heterocycles. The van der Waals surface area contributed by atoms with Crippen LogP contribution in [0.3, 0.4) is 0 Å². The van der Waals surface area contributed by atoms with E-state index in [0.29, 0.717) is 5.56 Å².